The molecule has 6 heteroatoms. The van der Waals surface area contributed by atoms with Gasteiger partial charge in [-0.3, -0.25) is 9.59 Å². The number of benzene rings is 1. The number of amides is 2. The molecular formula is C21H30N4O2. The largest absolute Gasteiger partial charge is 0.338 e. The average molecular weight is 370 g/mol. The summed E-state index contributed by atoms with van der Waals surface area (Å²) in [5.41, 5.74) is 1.89. The lowest BCUT2D eigenvalue weighted by molar-refractivity contribution is -0.149. The maximum Gasteiger partial charge on any atom is 0.246 e. The van der Waals surface area contributed by atoms with Gasteiger partial charge < -0.3 is 20.0 Å². The van der Waals surface area contributed by atoms with E-state index in [1.54, 1.807) is 0 Å². The maximum atomic E-state index is 13.5. The van der Waals surface area contributed by atoms with Crippen LogP contribution in [0, 0.1) is 6.92 Å². The van der Waals surface area contributed by atoms with Gasteiger partial charge in [0, 0.05) is 45.8 Å². The van der Waals surface area contributed by atoms with Crippen LogP contribution < -0.4 is 5.32 Å². The summed E-state index contributed by atoms with van der Waals surface area (Å²) in [5, 5.41) is 3.32. The van der Waals surface area contributed by atoms with Crippen LogP contribution in [0.1, 0.15) is 24.0 Å². The zero-order valence-corrected chi connectivity index (χ0v) is 16.4. The van der Waals surface area contributed by atoms with Gasteiger partial charge in [0.25, 0.3) is 0 Å². The van der Waals surface area contributed by atoms with E-state index in [-0.39, 0.29) is 17.9 Å². The topological polar surface area (TPSA) is 55.9 Å². The van der Waals surface area contributed by atoms with E-state index >= 15 is 0 Å². The molecule has 1 saturated carbocycles. The van der Waals surface area contributed by atoms with E-state index in [1.165, 1.54) is 5.56 Å². The Hall–Kier alpha value is -1.92. The molecular weight excluding hydrogens is 340 g/mol. The normalized spacial score (nSPS) is 25.3. The molecule has 2 saturated heterocycles. The summed E-state index contributed by atoms with van der Waals surface area (Å²) in [7, 11) is 2.08. The molecule has 1 aliphatic carbocycles. The van der Waals surface area contributed by atoms with Gasteiger partial charge in [-0.2, -0.15) is 0 Å². The Morgan fingerprint density at radius 3 is 2.33 bits per heavy atom. The van der Waals surface area contributed by atoms with Gasteiger partial charge in [-0.25, -0.2) is 0 Å². The van der Waals surface area contributed by atoms with Crippen molar-refractivity contribution in [1.82, 2.24) is 20.0 Å². The number of hydrogen-bond acceptors (Lipinski definition) is 4. The SMILES string of the molecule is Cc1ccc(C2(C(=O)N3CCNC[C@H]3C(=O)N3CCN(C)CC3)CC2)cc1. The number of aryl methyl sites for hydroxylation is 1. The van der Waals surface area contributed by atoms with Crippen molar-refractivity contribution >= 4 is 11.8 Å². The molecule has 0 spiro atoms. The molecule has 0 aromatic heterocycles. The number of hydrogen-bond donors (Lipinski definition) is 1. The minimum atomic E-state index is -0.411. The summed E-state index contributed by atoms with van der Waals surface area (Å²) in [6.45, 7) is 7.26. The fourth-order valence-electron chi connectivity index (χ4n) is 4.30. The van der Waals surface area contributed by atoms with Crippen molar-refractivity contribution < 1.29 is 9.59 Å². The first-order chi connectivity index (χ1) is 13.0. The third-order valence-corrected chi connectivity index (χ3v) is 6.37. The van der Waals surface area contributed by atoms with Crippen LogP contribution in [0.15, 0.2) is 24.3 Å². The Balaban J connectivity index is 1.53. The van der Waals surface area contributed by atoms with Crippen LogP contribution in [-0.4, -0.2) is 85.4 Å². The standard InChI is InChI=1S/C21H30N4O2/c1-16-3-5-17(6-4-16)21(7-8-21)20(27)25-10-9-22-15-18(25)19(26)24-13-11-23(2)12-14-24/h3-6,18,22H,7-15H2,1-2H3/t18-/m0/s1. The van der Waals surface area contributed by atoms with E-state index in [0.29, 0.717) is 13.1 Å². The average Bonchev–Trinajstić information content (AvgIpc) is 3.50. The van der Waals surface area contributed by atoms with E-state index in [1.807, 2.05) is 9.80 Å². The Bertz CT molecular complexity index is 705. The molecule has 6 nitrogen and oxygen atoms in total. The number of carbonyl (C=O) groups is 2. The molecule has 27 heavy (non-hydrogen) atoms. The first-order valence-corrected chi connectivity index (χ1v) is 10.1. The molecule has 0 radical (unpaired) electrons. The number of piperazine rings is 2. The van der Waals surface area contributed by atoms with Gasteiger partial charge >= 0.3 is 0 Å². The van der Waals surface area contributed by atoms with E-state index in [9.17, 15) is 9.59 Å². The molecule has 3 aliphatic rings. The summed E-state index contributed by atoms with van der Waals surface area (Å²) in [6.07, 6.45) is 1.77. The van der Waals surface area contributed by atoms with Crippen molar-refractivity contribution in [2.24, 2.45) is 0 Å². The quantitative estimate of drug-likeness (QED) is 0.847. The van der Waals surface area contributed by atoms with Crippen LogP contribution in [0.3, 0.4) is 0 Å². The van der Waals surface area contributed by atoms with E-state index in [2.05, 4.69) is 48.5 Å². The highest BCUT2D eigenvalue weighted by Crippen LogP contribution is 2.50. The fourth-order valence-corrected chi connectivity index (χ4v) is 4.30. The van der Waals surface area contributed by atoms with Gasteiger partial charge in [-0.05, 0) is 32.4 Å². The smallest absolute Gasteiger partial charge is 0.246 e. The Morgan fingerprint density at radius 1 is 1.04 bits per heavy atom. The van der Waals surface area contributed by atoms with E-state index in [0.717, 1.165) is 51.1 Å². The lowest BCUT2D eigenvalue weighted by Gasteiger charge is -2.41. The van der Waals surface area contributed by atoms with E-state index < -0.39 is 5.41 Å². The number of rotatable bonds is 3. The Labute approximate surface area is 161 Å². The molecule has 1 aromatic rings. The molecule has 2 aliphatic heterocycles. The highest BCUT2D eigenvalue weighted by molar-refractivity contribution is 5.95. The second-order valence-corrected chi connectivity index (χ2v) is 8.30. The van der Waals surface area contributed by atoms with Crippen molar-refractivity contribution in [3.63, 3.8) is 0 Å². The fraction of sp³-hybridized carbons (Fsp3) is 0.619. The highest BCUT2D eigenvalue weighted by atomic mass is 16.2. The van der Waals surface area contributed by atoms with Gasteiger partial charge in [-0.15, -0.1) is 0 Å². The second-order valence-electron chi connectivity index (χ2n) is 8.30. The van der Waals surface area contributed by atoms with Crippen LogP contribution in [0.5, 0.6) is 0 Å². The van der Waals surface area contributed by atoms with Gasteiger partial charge in [0.2, 0.25) is 11.8 Å². The highest BCUT2D eigenvalue weighted by Gasteiger charge is 2.54. The number of likely N-dealkylation sites (N-methyl/N-ethyl adjacent to an activating group) is 1. The van der Waals surface area contributed by atoms with Gasteiger partial charge in [-0.1, -0.05) is 29.8 Å². The van der Waals surface area contributed by atoms with Crippen LogP contribution in [0.25, 0.3) is 0 Å². The van der Waals surface area contributed by atoms with Crippen molar-refractivity contribution in [1.29, 1.82) is 0 Å². The molecule has 1 N–H and O–H groups in total. The molecule has 0 unspecified atom stereocenters. The molecule has 4 rings (SSSR count). The van der Waals surface area contributed by atoms with Gasteiger partial charge in [0.15, 0.2) is 0 Å². The van der Waals surface area contributed by atoms with E-state index in [4.69, 9.17) is 0 Å². The summed E-state index contributed by atoms with van der Waals surface area (Å²) in [4.78, 5) is 32.8. The predicted molar refractivity (Wildman–Crippen MR) is 105 cm³/mol. The number of nitrogens with one attached hydrogen (secondary N) is 1. The minimum Gasteiger partial charge on any atom is -0.338 e. The van der Waals surface area contributed by atoms with Gasteiger partial charge in [0.1, 0.15) is 6.04 Å². The van der Waals surface area contributed by atoms with Gasteiger partial charge in [0.05, 0.1) is 5.41 Å². The van der Waals surface area contributed by atoms with Crippen molar-refractivity contribution in [2.45, 2.75) is 31.2 Å². The summed E-state index contributed by atoms with van der Waals surface area (Å²) < 4.78 is 0. The number of carbonyl (C=O) groups excluding carboxylic acids is 2. The molecule has 2 amide bonds. The van der Waals surface area contributed by atoms with Crippen molar-refractivity contribution in [3.8, 4) is 0 Å². The molecule has 3 fully saturated rings. The lowest BCUT2D eigenvalue weighted by atomic mass is 9.92. The Kier molecular flexibility index (Phi) is 4.95. The number of nitrogens with zero attached hydrogens (tertiary/aromatic N) is 3. The third kappa shape index (κ3) is 3.48. The predicted octanol–water partition coefficient (Wildman–Crippen LogP) is 0.601. The maximum absolute atomic E-state index is 13.5. The summed E-state index contributed by atoms with van der Waals surface area (Å²) in [5.74, 6) is 0.240. The monoisotopic (exact) mass is 370 g/mol. The van der Waals surface area contributed by atoms with Crippen LogP contribution in [-0.2, 0) is 15.0 Å². The van der Waals surface area contributed by atoms with Crippen LogP contribution in [0.4, 0.5) is 0 Å². The lowest BCUT2D eigenvalue weighted by Crippen LogP contribution is -2.63. The van der Waals surface area contributed by atoms with Crippen molar-refractivity contribution in [2.75, 3.05) is 52.9 Å². The zero-order chi connectivity index (χ0) is 19.0. The third-order valence-electron chi connectivity index (χ3n) is 6.37. The first kappa shape index (κ1) is 18.4. The Morgan fingerprint density at radius 2 is 1.70 bits per heavy atom. The minimum absolute atomic E-state index is 0.100. The molecule has 0 bridgehead atoms. The zero-order valence-electron chi connectivity index (χ0n) is 16.4. The molecule has 2 heterocycles. The molecule has 1 atom stereocenters. The summed E-state index contributed by atoms with van der Waals surface area (Å²) >= 11 is 0. The second kappa shape index (κ2) is 7.24. The first-order valence-electron chi connectivity index (χ1n) is 10.1. The molecule has 1 aromatic carbocycles. The van der Waals surface area contributed by atoms with Crippen LogP contribution >= 0.6 is 0 Å². The van der Waals surface area contributed by atoms with Crippen molar-refractivity contribution in [3.05, 3.63) is 35.4 Å². The summed E-state index contributed by atoms with van der Waals surface area (Å²) in [6, 6.07) is 7.94. The molecule has 146 valence electrons. The van der Waals surface area contributed by atoms with Crippen LogP contribution in [0.2, 0.25) is 0 Å².